The Balaban J connectivity index is 1.87. The summed E-state index contributed by atoms with van der Waals surface area (Å²) in [5.41, 5.74) is 1.09. The molecule has 1 N–H and O–H groups in total. The van der Waals surface area contributed by atoms with Crippen LogP contribution in [0.3, 0.4) is 0 Å². The molecule has 1 aromatic rings. The molecule has 0 radical (unpaired) electrons. The van der Waals surface area contributed by atoms with E-state index in [1.807, 2.05) is 30.3 Å². The van der Waals surface area contributed by atoms with Gasteiger partial charge in [0, 0.05) is 37.7 Å². The van der Waals surface area contributed by atoms with E-state index in [0.29, 0.717) is 12.2 Å². The van der Waals surface area contributed by atoms with Gasteiger partial charge in [0.1, 0.15) is 5.78 Å². The number of rotatable bonds is 3. The van der Waals surface area contributed by atoms with Gasteiger partial charge in [0.05, 0.1) is 0 Å². The van der Waals surface area contributed by atoms with Gasteiger partial charge in [-0.15, -0.1) is 0 Å². The molecular formula is C13H18N2O. The fourth-order valence-electron chi connectivity index (χ4n) is 2.05. The number of likely N-dealkylation sites (tertiary alicyclic amines) is 1. The van der Waals surface area contributed by atoms with Crippen molar-refractivity contribution in [2.45, 2.75) is 6.42 Å². The van der Waals surface area contributed by atoms with E-state index in [4.69, 9.17) is 0 Å². The standard InChI is InChI=1S/C13H18N2O/c1-15-8-7-13(16)11(10-15)9-14-12-5-3-2-4-6-12/h2-6,11,14H,7-10H2,1H3/t11-/m1/s1. The maximum atomic E-state index is 11.7. The van der Waals surface area contributed by atoms with Crippen molar-refractivity contribution < 1.29 is 4.79 Å². The third-order valence-electron chi connectivity index (χ3n) is 3.05. The molecule has 1 aliphatic heterocycles. The number of carbonyl (C=O) groups is 1. The Bertz CT molecular complexity index is 350. The van der Waals surface area contributed by atoms with Crippen LogP contribution in [-0.2, 0) is 4.79 Å². The SMILES string of the molecule is CN1CCC(=O)[C@H](CNc2ccccc2)C1. The molecule has 0 bridgehead atoms. The van der Waals surface area contributed by atoms with Crippen LogP contribution in [0.4, 0.5) is 5.69 Å². The highest BCUT2D eigenvalue weighted by molar-refractivity contribution is 5.82. The van der Waals surface area contributed by atoms with Crippen molar-refractivity contribution in [1.29, 1.82) is 0 Å². The van der Waals surface area contributed by atoms with Gasteiger partial charge in [-0.3, -0.25) is 4.79 Å². The highest BCUT2D eigenvalue weighted by Gasteiger charge is 2.24. The molecule has 0 aromatic heterocycles. The van der Waals surface area contributed by atoms with E-state index in [1.165, 1.54) is 0 Å². The van der Waals surface area contributed by atoms with Gasteiger partial charge in [0.15, 0.2) is 0 Å². The average Bonchev–Trinajstić information content (AvgIpc) is 2.32. The highest BCUT2D eigenvalue weighted by atomic mass is 16.1. The number of anilines is 1. The Hall–Kier alpha value is -1.35. The number of ketones is 1. The molecule has 1 fully saturated rings. The number of benzene rings is 1. The lowest BCUT2D eigenvalue weighted by Gasteiger charge is -2.28. The van der Waals surface area contributed by atoms with Gasteiger partial charge in [-0.1, -0.05) is 18.2 Å². The molecular weight excluding hydrogens is 200 g/mol. The summed E-state index contributed by atoms with van der Waals surface area (Å²) in [6.45, 7) is 2.52. The van der Waals surface area contributed by atoms with Crippen LogP contribution in [0.15, 0.2) is 30.3 Å². The topological polar surface area (TPSA) is 32.3 Å². The fourth-order valence-corrected chi connectivity index (χ4v) is 2.05. The normalized spacial score (nSPS) is 22.1. The fraction of sp³-hybridized carbons (Fsp3) is 0.462. The second kappa shape index (κ2) is 5.12. The van der Waals surface area contributed by atoms with Crippen LogP contribution >= 0.6 is 0 Å². The summed E-state index contributed by atoms with van der Waals surface area (Å²) in [5, 5.41) is 3.32. The minimum atomic E-state index is 0.138. The molecule has 86 valence electrons. The van der Waals surface area contributed by atoms with Gasteiger partial charge in [0.25, 0.3) is 0 Å². The number of nitrogens with one attached hydrogen (secondary N) is 1. The molecule has 0 aliphatic carbocycles. The van der Waals surface area contributed by atoms with E-state index in [9.17, 15) is 4.79 Å². The summed E-state index contributed by atoms with van der Waals surface area (Å²) < 4.78 is 0. The van der Waals surface area contributed by atoms with Crippen molar-refractivity contribution in [3.63, 3.8) is 0 Å². The zero-order chi connectivity index (χ0) is 11.4. The van der Waals surface area contributed by atoms with Gasteiger partial charge in [0.2, 0.25) is 0 Å². The van der Waals surface area contributed by atoms with Crippen LogP contribution in [0.1, 0.15) is 6.42 Å². The first kappa shape index (κ1) is 11.1. The van der Waals surface area contributed by atoms with Crippen molar-refractivity contribution in [2.75, 3.05) is 32.0 Å². The van der Waals surface area contributed by atoms with Crippen molar-refractivity contribution in [3.05, 3.63) is 30.3 Å². The van der Waals surface area contributed by atoms with Crippen LogP contribution in [0.2, 0.25) is 0 Å². The number of nitrogens with zero attached hydrogens (tertiary/aromatic N) is 1. The van der Waals surface area contributed by atoms with E-state index >= 15 is 0 Å². The quantitative estimate of drug-likeness (QED) is 0.836. The zero-order valence-corrected chi connectivity index (χ0v) is 9.65. The Labute approximate surface area is 96.5 Å². The predicted molar refractivity (Wildman–Crippen MR) is 65.5 cm³/mol. The zero-order valence-electron chi connectivity index (χ0n) is 9.65. The van der Waals surface area contributed by atoms with Gasteiger partial charge < -0.3 is 10.2 Å². The van der Waals surface area contributed by atoms with E-state index < -0.39 is 0 Å². The van der Waals surface area contributed by atoms with Gasteiger partial charge in [-0.2, -0.15) is 0 Å². The van der Waals surface area contributed by atoms with Crippen molar-refractivity contribution in [1.82, 2.24) is 4.90 Å². The van der Waals surface area contributed by atoms with Crippen LogP contribution in [-0.4, -0.2) is 37.4 Å². The molecule has 0 amide bonds. The summed E-state index contributed by atoms with van der Waals surface area (Å²) in [7, 11) is 2.07. The molecule has 1 atom stereocenters. The number of piperidine rings is 1. The molecule has 1 heterocycles. The molecule has 0 spiro atoms. The van der Waals surface area contributed by atoms with Crippen molar-refractivity contribution in [2.24, 2.45) is 5.92 Å². The summed E-state index contributed by atoms with van der Waals surface area (Å²) in [6.07, 6.45) is 0.692. The number of carbonyl (C=O) groups excluding carboxylic acids is 1. The molecule has 1 saturated heterocycles. The number of hydrogen-bond acceptors (Lipinski definition) is 3. The molecule has 16 heavy (non-hydrogen) atoms. The molecule has 1 aliphatic rings. The van der Waals surface area contributed by atoms with Crippen molar-refractivity contribution in [3.8, 4) is 0 Å². The Morgan fingerprint density at radius 1 is 1.38 bits per heavy atom. The van der Waals surface area contributed by atoms with E-state index in [1.54, 1.807) is 0 Å². The smallest absolute Gasteiger partial charge is 0.140 e. The van der Waals surface area contributed by atoms with Gasteiger partial charge >= 0.3 is 0 Å². The Morgan fingerprint density at radius 2 is 2.12 bits per heavy atom. The predicted octanol–water partition coefficient (Wildman–Crippen LogP) is 1.62. The lowest BCUT2D eigenvalue weighted by molar-refractivity contribution is -0.125. The molecule has 3 heteroatoms. The largest absolute Gasteiger partial charge is 0.384 e. The van der Waals surface area contributed by atoms with Crippen LogP contribution in [0.5, 0.6) is 0 Å². The van der Waals surface area contributed by atoms with E-state index in [0.717, 1.165) is 25.3 Å². The van der Waals surface area contributed by atoms with Gasteiger partial charge in [-0.05, 0) is 19.2 Å². The van der Waals surface area contributed by atoms with E-state index in [2.05, 4.69) is 17.3 Å². The first-order valence-corrected chi connectivity index (χ1v) is 5.76. The maximum Gasteiger partial charge on any atom is 0.140 e. The molecule has 0 unspecified atom stereocenters. The summed E-state index contributed by atoms with van der Waals surface area (Å²) in [4.78, 5) is 13.9. The molecule has 0 saturated carbocycles. The third-order valence-corrected chi connectivity index (χ3v) is 3.05. The van der Waals surface area contributed by atoms with Crippen LogP contribution in [0, 0.1) is 5.92 Å². The summed E-state index contributed by atoms with van der Waals surface area (Å²) in [6, 6.07) is 10.0. The summed E-state index contributed by atoms with van der Waals surface area (Å²) in [5.74, 6) is 0.528. The lowest BCUT2D eigenvalue weighted by atomic mass is 9.97. The first-order valence-electron chi connectivity index (χ1n) is 5.76. The third kappa shape index (κ3) is 2.83. The minimum absolute atomic E-state index is 0.138. The Kier molecular flexibility index (Phi) is 3.57. The Morgan fingerprint density at radius 3 is 2.88 bits per heavy atom. The number of Topliss-reactive ketones (excluding diaryl/α,β-unsaturated/α-hetero) is 1. The first-order chi connectivity index (χ1) is 7.75. The molecule has 1 aromatic carbocycles. The number of hydrogen-bond donors (Lipinski definition) is 1. The molecule has 3 nitrogen and oxygen atoms in total. The van der Waals surface area contributed by atoms with Crippen molar-refractivity contribution >= 4 is 11.5 Å². The minimum Gasteiger partial charge on any atom is -0.384 e. The second-order valence-corrected chi connectivity index (χ2v) is 4.42. The van der Waals surface area contributed by atoms with Crippen LogP contribution < -0.4 is 5.32 Å². The second-order valence-electron chi connectivity index (χ2n) is 4.42. The highest BCUT2D eigenvalue weighted by Crippen LogP contribution is 2.13. The maximum absolute atomic E-state index is 11.7. The monoisotopic (exact) mass is 218 g/mol. The van der Waals surface area contributed by atoms with Crippen LogP contribution in [0.25, 0.3) is 0 Å². The molecule has 2 rings (SSSR count). The van der Waals surface area contributed by atoms with E-state index in [-0.39, 0.29) is 5.92 Å². The summed E-state index contributed by atoms with van der Waals surface area (Å²) >= 11 is 0. The average molecular weight is 218 g/mol. The number of para-hydroxylation sites is 1. The van der Waals surface area contributed by atoms with Gasteiger partial charge in [-0.25, -0.2) is 0 Å². The lowest BCUT2D eigenvalue weighted by Crippen LogP contribution is -2.41.